The second kappa shape index (κ2) is 11.9. The van der Waals surface area contributed by atoms with Crippen molar-refractivity contribution in [3.8, 4) is 0 Å². The van der Waals surface area contributed by atoms with E-state index in [4.69, 9.17) is 14.2 Å². The lowest BCUT2D eigenvalue weighted by Crippen LogP contribution is -2.38. The molecular weight excluding hydrogens is 464 g/mol. The van der Waals surface area contributed by atoms with E-state index in [9.17, 15) is 19.8 Å². The fraction of sp³-hybridized carbons (Fsp3) is 0.481. The van der Waals surface area contributed by atoms with E-state index in [0.717, 1.165) is 29.7 Å². The molecule has 2 heterocycles. The van der Waals surface area contributed by atoms with Crippen LogP contribution in [0.15, 0.2) is 48.5 Å². The highest BCUT2D eigenvalue weighted by atomic mass is 16.7. The minimum absolute atomic E-state index is 0.0218. The van der Waals surface area contributed by atoms with E-state index in [0.29, 0.717) is 25.2 Å². The van der Waals surface area contributed by atoms with E-state index in [1.165, 1.54) is 13.8 Å². The molecule has 0 aliphatic carbocycles. The molecule has 5 atom stereocenters. The minimum atomic E-state index is -0.917. The van der Waals surface area contributed by atoms with Gasteiger partial charge in [0.1, 0.15) is 0 Å². The molecule has 4 rings (SSSR count). The largest absolute Gasteiger partial charge is 0.453 e. The number of nitrogens with one attached hydrogen (secondary N) is 1. The molecule has 2 aromatic carbocycles. The summed E-state index contributed by atoms with van der Waals surface area (Å²) in [6, 6.07) is 14.9. The summed E-state index contributed by atoms with van der Waals surface area (Å²) in [5.41, 5.74) is 3.11. The van der Waals surface area contributed by atoms with E-state index in [1.807, 2.05) is 30.3 Å². The molecule has 2 fully saturated rings. The highest BCUT2D eigenvalue weighted by molar-refractivity contribution is 5.95. The molecule has 2 aromatic rings. The van der Waals surface area contributed by atoms with Crippen molar-refractivity contribution >= 4 is 17.6 Å². The highest BCUT2D eigenvalue weighted by Crippen LogP contribution is 2.39. The second-order valence-electron chi connectivity index (χ2n) is 9.42. The number of likely N-dealkylation sites (tertiary alicyclic amines) is 1. The Kier molecular flexibility index (Phi) is 8.71. The summed E-state index contributed by atoms with van der Waals surface area (Å²) in [6.07, 6.45) is -0.835. The number of nitrogens with zero attached hydrogens (tertiary/aromatic N) is 1. The van der Waals surface area contributed by atoms with Crippen LogP contribution in [-0.4, -0.2) is 64.9 Å². The molecule has 2 aliphatic heterocycles. The average molecular weight is 499 g/mol. The van der Waals surface area contributed by atoms with Crippen LogP contribution < -0.4 is 5.32 Å². The van der Waals surface area contributed by atoms with Crippen LogP contribution in [0.3, 0.4) is 0 Å². The topological polar surface area (TPSA) is 118 Å². The monoisotopic (exact) mass is 498 g/mol. The number of anilines is 1. The summed E-state index contributed by atoms with van der Waals surface area (Å²) in [5, 5.41) is 22.1. The molecule has 0 spiro atoms. The smallest absolute Gasteiger partial charge is 0.303 e. The third-order valence-electron chi connectivity index (χ3n) is 6.46. The maximum absolute atomic E-state index is 12.4. The Morgan fingerprint density at radius 2 is 1.94 bits per heavy atom. The van der Waals surface area contributed by atoms with Gasteiger partial charge in [-0.05, 0) is 36.6 Å². The lowest BCUT2D eigenvalue weighted by Gasteiger charge is -2.38. The molecule has 9 nitrogen and oxygen atoms in total. The number of carbonyl (C=O) groups is 2. The number of hydrogen-bond acceptors (Lipinski definition) is 8. The number of benzene rings is 2. The van der Waals surface area contributed by atoms with Gasteiger partial charge in [0.15, 0.2) is 12.4 Å². The summed E-state index contributed by atoms with van der Waals surface area (Å²) in [6.45, 7) is 4.88. The number of rotatable bonds is 8. The van der Waals surface area contributed by atoms with Crippen LogP contribution in [0.4, 0.5) is 5.69 Å². The molecule has 0 bridgehead atoms. The van der Waals surface area contributed by atoms with E-state index in [-0.39, 0.29) is 24.9 Å². The van der Waals surface area contributed by atoms with Gasteiger partial charge in [-0.1, -0.05) is 36.4 Å². The average Bonchev–Trinajstić information content (AvgIpc) is 3.27. The number of ether oxygens (including phenoxy) is 3. The Hall–Kier alpha value is -2.82. The minimum Gasteiger partial charge on any atom is -0.453 e. The molecule has 0 saturated carbocycles. The van der Waals surface area contributed by atoms with E-state index < -0.39 is 24.3 Å². The van der Waals surface area contributed by atoms with Crippen molar-refractivity contribution in [3.63, 3.8) is 0 Å². The molecule has 36 heavy (non-hydrogen) atoms. The van der Waals surface area contributed by atoms with E-state index >= 15 is 0 Å². The van der Waals surface area contributed by atoms with Crippen LogP contribution in [0.5, 0.6) is 0 Å². The highest BCUT2D eigenvalue weighted by Gasteiger charge is 2.34. The van der Waals surface area contributed by atoms with Gasteiger partial charge in [-0.15, -0.1) is 0 Å². The fourth-order valence-electron chi connectivity index (χ4n) is 4.61. The van der Waals surface area contributed by atoms with Crippen LogP contribution in [0.2, 0.25) is 0 Å². The van der Waals surface area contributed by atoms with Crippen LogP contribution in [-0.2, 0) is 30.4 Å². The van der Waals surface area contributed by atoms with Crippen molar-refractivity contribution in [1.29, 1.82) is 0 Å². The molecule has 0 radical (unpaired) electrons. The quantitative estimate of drug-likeness (QED) is 0.476. The van der Waals surface area contributed by atoms with Crippen molar-refractivity contribution in [2.45, 2.75) is 64.0 Å². The second-order valence-corrected chi connectivity index (χ2v) is 9.42. The zero-order valence-corrected chi connectivity index (χ0v) is 20.6. The van der Waals surface area contributed by atoms with Crippen LogP contribution in [0.25, 0.3) is 0 Å². The van der Waals surface area contributed by atoms with Crippen molar-refractivity contribution in [2.24, 2.45) is 0 Å². The van der Waals surface area contributed by atoms with Crippen molar-refractivity contribution in [3.05, 3.63) is 65.2 Å². The first-order valence-electron chi connectivity index (χ1n) is 12.3. The Balaban J connectivity index is 1.51. The first-order valence-corrected chi connectivity index (χ1v) is 12.3. The van der Waals surface area contributed by atoms with Gasteiger partial charge in [-0.25, -0.2) is 0 Å². The number of hydrogen-bond donors (Lipinski definition) is 3. The third-order valence-corrected chi connectivity index (χ3v) is 6.46. The maximum Gasteiger partial charge on any atom is 0.303 e. The number of aliphatic hydroxyl groups excluding tert-OH is 2. The Morgan fingerprint density at radius 1 is 1.17 bits per heavy atom. The van der Waals surface area contributed by atoms with Crippen molar-refractivity contribution in [2.75, 3.05) is 25.0 Å². The maximum atomic E-state index is 12.4. The normalized spacial score (nSPS) is 25.3. The van der Waals surface area contributed by atoms with Crippen molar-refractivity contribution in [1.82, 2.24) is 4.90 Å². The molecule has 2 saturated heterocycles. The Labute approximate surface area is 211 Å². The van der Waals surface area contributed by atoms with Gasteiger partial charge in [-0.3, -0.25) is 14.5 Å². The predicted octanol–water partition coefficient (Wildman–Crippen LogP) is 2.68. The van der Waals surface area contributed by atoms with Gasteiger partial charge in [-0.2, -0.15) is 0 Å². The molecule has 1 amide bonds. The molecule has 194 valence electrons. The van der Waals surface area contributed by atoms with E-state index in [1.54, 1.807) is 18.2 Å². The number of carbonyl (C=O) groups excluding carboxylic acids is 2. The Morgan fingerprint density at radius 3 is 2.61 bits per heavy atom. The molecule has 3 N–H and O–H groups in total. The summed E-state index contributed by atoms with van der Waals surface area (Å²) in [4.78, 5) is 25.8. The van der Waals surface area contributed by atoms with E-state index in [2.05, 4.69) is 10.2 Å². The van der Waals surface area contributed by atoms with Gasteiger partial charge >= 0.3 is 5.97 Å². The van der Waals surface area contributed by atoms with Crippen molar-refractivity contribution < 1.29 is 34.0 Å². The van der Waals surface area contributed by atoms with Gasteiger partial charge in [0, 0.05) is 44.2 Å². The van der Waals surface area contributed by atoms with Crippen LogP contribution in [0.1, 0.15) is 55.8 Å². The standard InChI is InChI=1S/C27H34N2O7/c1-17(34-18(2)31)26(33)28-22-5-3-4-21(12-22)27-35-24(15-29-11-10-23(32)14-29)13-25(36-27)20-8-6-19(16-30)7-9-20/h3-9,12,17,23-25,27,30,32H,10-11,13-16H2,1-2H3,(H,28,33)/t17-,23-,24+,25-,27-/m0/s1. The SMILES string of the molecule is CC(=O)O[C@@H](C)C(=O)Nc1cccc([C@H]2O[C@@H](CN3CC[C@H](O)C3)C[C@@H](c3ccc(CO)cc3)O2)c1. The number of esters is 1. The van der Waals surface area contributed by atoms with Gasteiger partial charge < -0.3 is 29.7 Å². The lowest BCUT2D eigenvalue weighted by molar-refractivity contribution is -0.252. The first kappa shape index (κ1) is 26.2. The van der Waals surface area contributed by atoms with Gasteiger partial charge in [0.25, 0.3) is 5.91 Å². The van der Waals surface area contributed by atoms with Gasteiger partial charge in [0.2, 0.25) is 0 Å². The summed E-state index contributed by atoms with van der Waals surface area (Å²) < 4.78 is 17.7. The predicted molar refractivity (Wildman–Crippen MR) is 132 cm³/mol. The zero-order valence-electron chi connectivity index (χ0n) is 20.6. The molecular formula is C27H34N2O7. The summed E-state index contributed by atoms with van der Waals surface area (Å²) in [7, 11) is 0. The number of β-amino-alcohol motifs (C(OH)–C–C–N with tert-alkyl or cyclic N) is 1. The third kappa shape index (κ3) is 6.89. The first-order chi connectivity index (χ1) is 17.3. The Bertz CT molecular complexity index is 1040. The summed E-state index contributed by atoms with van der Waals surface area (Å²) >= 11 is 0. The molecule has 2 aliphatic rings. The van der Waals surface area contributed by atoms with Gasteiger partial charge in [0.05, 0.1) is 24.9 Å². The summed E-state index contributed by atoms with van der Waals surface area (Å²) in [5.74, 6) is -0.954. The lowest BCUT2D eigenvalue weighted by atomic mass is 9.99. The number of aliphatic hydroxyl groups is 2. The molecule has 0 aromatic heterocycles. The molecule has 0 unspecified atom stereocenters. The fourth-order valence-corrected chi connectivity index (χ4v) is 4.61. The van der Waals surface area contributed by atoms with Crippen LogP contribution in [0, 0.1) is 0 Å². The van der Waals surface area contributed by atoms with Crippen LogP contribution >= 0.6 is 0 Å². The zero-order chi connectivity index (χ0) is 25.7. The molecule has 9 heteroatoms. The number of amides is 1.